The number of nitrogens with zero attached hydrogens (tertiary/aromatic N) is 1. The summed E-state index contributed by atoms with van der Waals surface area (Å²) in [6, 6.07) is 0. The van der Waals surface area contributed by atoms with Gasteiger partial charge in [0.25, 0.3) is 0 Å². The van der Waals surface area contributed by atoms with Gasteiger partial charge in [0.15, 0.2) is 0 Å². The first-order valence-electron chi connectivity index (χ1n) is 5.49. The van der Waals surface area contributed by atoms with Crippen LogP contribution in [0.1, 0.15) is 19.8 Å². The first kappa shape index (κ1) is 12.5. The van der Waals surface area contributed by atoms with Gasteiger partial charge in [-0.15, -0.1) is 0 Å². The van der Waals surface area contributed by atoms with Gasteiger partial charge in [0.1, 0.15) is 5.54 Å². The first-order chi connectivity index (χ1) is 7.00. The Hall–Kier alpha value is -0.610. The van der Waals surface area contributed by atoms with Gasteiger partial charge in [0.05, 0.1) is 7.11 Å². The molecule has 0 saturated heterocycles. The Morgan fingerprint density at radius 3 is 2.53 bits per heavy atom. The maximum atomic E-state index is 11.7. The minimum atomic E-state index is -0.481. The molecule has 0 aliphatic heterocycles. The molecule has 0 aromatic carbocycles. The lowest BCUT2D eigenvalue weighted by Gasteiger charge is -2.28. The highest BCUT2D eigenvalue weighted by Crippen LogP contribution is 2.40. The first-order valence-corrected chi connectivity index (χ1v) is 5.49. The van der Waals surface area contributed by atoms with Gasteiger partial charge in [-0.25, -0.2) is 0 Å². The van der Waals surface area contributed by atoms with Gasteiger partial charge >= 0.3 is 5.97 Å². The molecule has 1 saturated carbocycles. The molecule has 0 amide bonds. The van der Waals surface area contributed by atoms with E-state index in [-0.39, 0.29) is 5.97 Å². The summed E-state index contributed by atoms with van der Waals surface area (Å²) >= 11 is 0. The predicted octanol–water partition coefficient (Wildman–Crippen LogP) is 0.479. The van der Waals surface area contributed by atoms with Crippen LogP contribution in [-0.2, 0) is 9.53 Å². The van der Waals surface area contributed by atoms with Crippen LogP contribution in [-0.4, -0.2) is 50.7 Å². The number of rotatable bonds is 6. The van der Waals surface area contributed by atoms with E-state index < -0.39 is 5.54 Å². The Morgan fingerprint density at radius 2 is 2.13 bits per heavy atom. The van der Waals surface area contributed by atoms with E-state index in [1.165, 1.54) is 7.11 Å². The lowest BCUT2D eigenvalue weighted by atomic mass is 9.96. The largest absolute Gasteiger partial charge is 0.468 e. The third kappa shape index (κ3) is 3.18. The molecule has 0 aromatic rings. The Labute approximate surface area is 92.0 Å². The van der Waals surface area contributed by atoms with Crippen molar-refractivity contribution in [3.8, 4) is 0 Å². The lowest BCUT2D eigenvalue weighted by Crippen LogP contribution is -2.53. The van der Waals surface area contributed by atoms with Gasteiger partial charge in [0, 0.05) is 13.1 Å². The normalized spacial score (nSPS) is 20.1. The average Bonchev–Trinajstić information content (AvgIpc) is 2.98. The molecule has 1 N–H and O–H groups in total. The minimum Gasteiger partial charge on any atom is -0.468 e. The highest BCUT2D eigenvalue weighted by atomic mass is 16.5. The van der Waals surface area contributed by atoms with Gasteiger partial charge < -0.3 is 15.0 Å². The van der Waals surface area contributed by atoms with Crippen LogP contribution in [0.5, 0.6) is 0 Å². The summed E-state index contributed by atoms with van der Waals surface area (Å²) in [5.74, 6) is 0.316. The molecule has 1 aliphatic rings. The van der Waals surface area contributed by atoms with Gasteiger partial charge in [-0.2, -0.15) is 0 Å². The standard InChI is InChI=1S/C11H22N2O2/c1-11(9-5-6-9,10(14)15-4)12-7-8-13(2)3/h9,12H,5-8H2,1-4H3. The molecule has 0 spiro atoms. The van der Waals surface area contributed by atoms with Crippen molar-refractivity contribution in [3.63, 3.8) is 0 Å². The van der Waals surface area contributed by atoms with E-state index in [4.69, 9.17) is 4.74 Å². The van der Waals surface area contributed by atoms with E-state index in [1.54, 1.807) is 0 Å². The SMILES string of the molecule is COC(=O)C(C)(NCCN(C)C)C1CC1. The maximum Gasteiger partial charge on any atom is 0.326 e. The highest BCUT2D eigenvalue weighted by Gasteiger charge is 2.47. The number of hydrogen-bond donors (Lipinski definition) is 1. The van der Waals surface area contributed by atoms with Crippen LogP contribution < -0.4 is 5.32 Å². The zero-order valence-corrected chi connectivity index (χ0v) is 10.2. The van der Waals surface area contributed by atoms with Crippen LogP contribution in [0, 0.1) is 5.92 Å². The van der Waals surface area contributed by atoms with E-state index in [1.807, 2.05) is 21.0 Å². The van der Waals surface area contributed by atoms with E-state index in [9.17, 15) is 4.79 Å². The van der Waals surface area contributed by atoms with Gasteiger partial charge in [0.2, 0.25) is 0 Å². The van der Waals surface area contributed by atoms with E-state index in [2.05, 4.69) is 10.2 Å². The Balaban J connectivity index is 2.46. The number of carbonyl (C=O) groups is 1. The molecule has 1 fully saturated rings. The minimum absolute atomic E-state index is 0.135. The van der Waals surface area contributed by atoms with Crippen molar-refractivity contribution < 1.29 is 9.53 Å². The number of methoxy groups -OCH3 is 1. The van der Waals surface area contributed by atoms with Crippen LogP contribution in [0.4, 0.5) is 0 Å². The lowest BCUT2D eigenvalue weighted by molar-refractivity contribution is -0.148. The molecule has 1 aliphatic carbocycles. The van der Waals surface area contributed by atoms with Gasteiger partial charge in [-0.1, -0.05) is 0 Å². The molecule has 4 heteroatoms. The van der Waals surface area contributed by atoms with E-state index >= 15 is 0 Å². The number of ether oxygens (including phenoxy) is 1. The summed E-state index contributed by atoms with van der Waals surface area (Å²) in [6.45, 7) is 3.70. The summed E-state index contributed by atoms with van der Waals surface area (Å²) in [5, 5.41) is 3.32. The molecular weight excluding hydrogens is 192 g/mol. The van der Waals surface area contributed by atoms with Crippen molar-refractivity contribution in [3.05, 3.63) is 0 Å². The van der Waals surface area contributed by atoms with Crippen LogP contribution in [0.15, 0.2) is 0 Å². The van der Waals surface area contributed by atoms with Crippen LogP contribution in [0.2, 0.25) is 0 Å². The maximum absolute atomic E-state index is 11.7. The average molecular weight is 214 g/mol. The summed E-state index contributed by atoms with van der Waals surface area (Å²) in [5.41, 5.74) is -0.481. The Morgan fingerprint density at radius 1 is 1.53 bits per heavy atom. The number of hydrogen-bond acceptors (Lipinski definition) is 4. The van der Waals surface area contributed by atoms with Crippen molar-refractivity contribution in [1.29, 1.82) is 0 Å². The summed E-state index contributed by atoms with van der Waals surface area (Å²) in [7, 11) is 5.50. The molecule has 0 bridgehead atoms. The summed E-state index contributed by atoms with van der Waals surface area (Å²) < 4.78 is 4.86. The fourth-order valence-corrected chi connectivity index (χ4v) is 1.80. The zero-order chi connectivity index (χ0) is 11.5. The van der Waals surface area contributed by atoms with Crippen molar-refractivity contribution in [1.82, 2.24) is 10.2 Å². The van der Waals surface area contributed by atoms with Crippen molar-refractivity contribution in [2.75, 3.05) is 34.3 Å². The van der Waals surface area contributed by atoms with Crippen LogP contribution >= 0.6 is 0 Å². The Bertz CT molecular complexity index is 227. The fraction of sp³-hybridized carbons (Fsp3) is 0.909. The smallest absolute Gasteiger partial charge is 0.326 e. The van der Waals surface area contributed by atoms with Crippen LogP contribution in [0.25, 0.3) is 0 Å². The monoisotopic (exact) mass is 214 g/mol. The second-order valence-electron chi connectivity index (χ2n) is 4.70. The zero-order valence-electron chi connectivity index (χ0n) is 10.2. The molecule has 0 radical (unpaired) electrons. The molecule has 1 rings (SSSR count). The molecule has 15 heavy (non-hydrogen) atoms. The quantitative estimate of drug-likeness (QED) is 0.653. The topological polar surface area (TPSA) is 41.6 Å². The van der Waals surface area contributed by atoms with Crippen molar-refractivity contribution >= 4 is 5.97 Å². The van der Waals surface area contributed by atoms with E-state index in [0.29, 0.717) is 5.92 Å². The third-order valence-corrected chi connectivity index (χ3v) is 3.05. The third-order valence-electron chi connectivity index (χ3n) is 3.05. The second kappa shape index (κ2) is 4.94. The number of carbonyl (C=O) groups excluding carboxylic acids is 1. The second-order valence-corrected chi connectivity index (χ2v) is 4.70. The molecule has 1 atom stereocenters. The molecule has 88 valence electrons. The van der Waals surface area contributed by atoms with Crippen molar-refractivity contribution in [2.45, 2.75) is 25.3 Å². The van der Waals surface area contributed by atoms with E-state index in [0.717, 1.165) is 25.9 Å². The number of nitrogens with one attached hydrogen (secondary N) is 1. The predicted molar refractivity (Wildman–Crippen MR) is 59.7 cm³/mol. The molecule has 0 aromatic heterocycles. The molecular formula is C11H22N2O2. The molecule has 4 nitrogen and oxygen atoms in total. The van der Waals surface area contributed by atoms with Gasteiger partial charge in [-0.05, 0) is 39.8 Å². The fourth-order valence-electron chi connectivity index (χ4n) is 1.80. The van der Waals surface area contributed by atoms with Crippen molar-refractivity contribution in [2.24, 2.45) is 5.92 Å². The van der Waals surface area contributed by atoms with Crippen LogP contribution in [0.3, 0.4) is 0 Å². The molecule has 1 unspecified atom stereocenters. The summed E-state index contributed by atoms with van der Waals surface area (Å²) in [6.07, 6.45) is 2.25. The highest BCUT2D eigenvalue weighted by molar-refractivity contribution is 5.81. The Kier molecular flexibility index (Phi) is 4.11. The molecule has 0 heterocycles. The van der Waals surface area contributed by atoms with Gasteiger partial charge in [-0.3, -0.25) is 4.79 Å². The summed E-state index contributed by atoms with van der Waals surface area (Å²) in [4.78, 5) is 13.8. The number of esters is 1. The number of likely N-dealkylation sites (N-methyl/N-ethyl adjacent to an activating group) is 1.